The maximum atomic E-state index is 12.5. The first-order valence-electron chi connectivity index (χ1n) is 9.62. The van der Waals surface area contributed by atoms with E-state index in [9.17, 15) is 14.4 Å². The van der Waals surface area contributed by atoms with Crippen molar-refractivity contribution in [1.82, 2.24) is 4.98 Å². The van der Waals surface area contributed by atoms with Crippen molar-refractivity contribution in [1.29, 1.82) is 0 Å². The maximum absolute atomic E-state index is 12.5. The molecule has 4 rings (SSSR count). The first-order chi connectivity index (χ1) is 14.6. The molecule has 0 atom stereocenters. The van der Waals surface area contributed by atoms with Crippen LogP contribution >= 0.6 is 0 Å². The van der Waals surface area contributed by atoms with E-state index in [1.807, 2.05) is 0 Å². The van der Waals surface area contributed by atoms with E-state index in [1.165, 1.54) is 6.20 Å². The second kappa shape index (κ2) is 8.57. The summed E-state index contributed by atoms with van der Waals surface area (Å²) in [6, 6.07) is 17.0. The predicted octanol–water partition coefficient (Wildman–Crippen LogP) is 3.93. The average molecular weight is 400 g/mol. The molecule has 0 radical (unpaired) electrons. The summed E-state index contributed by atoms with van der Waals surface area (Å²) in [6.45, 7) is 0. The number of carbonyl (C=O) groups excluding carboxylic acids is 3. The van der Waals surface area contributed by atoms with E-state index in [0.29, 0.717) is 28.2 Å². The van der Waals surface area contributed by atoms with Gasteiger partial charge in [-0.3, -0.25) is 19.4 Å². The Kier molecular flexibility index (Phi) is 5.52. The molecule has 30 heavy (non-hydrogen) atoms. The van der Waals surface area contributed by atoms with Gasteiger partial charge in [-0.2, -0.15) is 0 Å². The molecule has 3 aromatic rings. The monoisotopic (exact) mass is 400 g/mol. The van der Waals surface area contributed by atoms with Crippen LogP contribution in [0.2, 0.25) is 0 Å². The first kappa shape index (κ1) is 19.3. The Morgan fingerprint density at radius 3 is 2.00 bits per heavy atom. The van der Waals surface area contributed by atoms with Crippen LogP contribution in [0.15, 0.2) is 73.1 Å². The Morgan fingerprint density at radius 1 is 0.733 bits per heavy atom. The Hall–Kier alpha value is -4.00. The van der Waals surface area contributed by atoms with Crippen molar-refractivity contribution >= 4 is 34.8 Å². The zero-order valence-corrected chi connectivity index (χ0v) is 16.1. The van der Waals surface area contributed by atoms with Gasteiger partial charge in [0.2, 0.25) is 5.91 Å². The number of benzene rings is 2. The highest BCUT2D eigenvalue weighted by molar-refractivity contribution is 6.06. The van der Waals surface area contributed by atoms with Gasteiger partial charge in [0.25, 0.3) is 11.8 Å². The quantitative estimate of drug-likeness (QED) is 0.584. The van der Waals surface area contributed by atoms with E-state index in [4.69, 9.17) is 0 Å². The molecule has 150 valence electrons. The van der Waals surface area contributed by atoms with E-state index in [-0.39, 0.29) is 23.6 Å². The fourth-order valence-electron chi connectivity index (χ4n) is 2.87. The number of aromatic nitrogens is 1. The summed E-state index contributed by atoms with van der Waals surface area (Å²) in [5, 5.41) is 8.43. The third-order valence-corrected chi connectivity index (χ3v) is 4.66. The molecular formula is C23H20N4O3. The van der Waals surface area contributed by atoms with Crippen LogP contribution in [-0.2, 0) is 4.79 Å². The van der Waals surface area contributed by atoms with Gasteiger partial charge in [-0.05, 0) is 67.4 Å². The third kappa shape index (κ3) is 4.88. The standard InChI is InChI=1S/C23H20N4O3/c28-21(15-6-7-15)25-18-10-8-16(9-11-18)22(29)26-19-4-1-5-20(13-19)27-23(30)17-3-2-12-24-14-17/h1-5,8-15H,6-7H2,(H,25,28)(H,26,29)(H,27,30). The normalized spacial score (nSPS) is 12.7. The molecule has 1 aromatic heterocycles. The Labute approximate surface area is 173 Å². The highest BCUT2D eigenvalue weighted by Gasteiger charge is 2.29. The minimum absolute atomic E-state index is 0.0253. The molecule has 1 fully saturated rings. The second-order valence-electron chi connectivity index (χ2n) is 7.07. The molecule has 0 aliphatic heterocycles. The molecule has 1 heterocycles. The van der Waals surface area contributed by atoms with Gasteiger partial charge in [-0.15, -0.1) is 0 Å². The molecule has 3 N–H and O–H groups in total. The molecule has 1 aliphatic carbocycles. The number of carbonyl (C=O) groups is 3. The fourth-order valence-corrected chi connectivity index (χ4v) is 2.87. The van der Waals surface area contributed by atoms with Crippen LogP contribution < -0.4 is 16.0 Å². The van der Waals surface area contributed by atoms with E-state index in [0.717, 1.165) is 12.8 Å². The number of anilines is 3. The van der Waals surface area contributed by atoms with Crippen LogP contribution in [0, 0.1) is 5.92 Å². The Balaban J connectivity index is 1.37. The second-order valence-corrected chi connectivity index (χ2v) is 7.07. The van der Waals surface area contributed by atoms with Gasteiger partial charge >= 0.3 is 0 Å². The van der Waals surface area contributed by atoms with Crippen molar-refractivity contribution in [2.75, 3.05) is 16.0 Å². The lowest BCUT2D eigenvalue weighted by atomic mass is 10.1. The van der Waals surface area contributed by atoms with Crippen molar-refractivity contribution < 1.29 is 14.4 Å². The molecular weight excluding hydrogens is 380 g/mol. The molecule has 1 aliphatic rings. The summed E-state index contributed by atoms with van der Waals surface area (Å²) in [4.78, 5) is 40.5. The van der Waals surface area contributed by atoms with Crippen molar-refractivity contribution in [3.05, 3.63) is 84.2 Å². The topological polar surface area (TPSA) is 100 Å². The Morgan fingerprint density at radius 2 is 1.40 bits per heavy atom. The number of hydrogen-bond donors (Lipinski definition) is 3. The molecule has 0 spiro atoms. The summed E-state index contributed by atoms with van der Waals surface area (Å²) < 4.78 is 0. The van der Waals surface area contributed by atoms with Crippen molar-refractivity contribution in [2.24, 2.45) is 5.92 Å². The Bertz CT molecular complexity index is 1080. The van der Waals surface area contributed by atoms with Gasteiger partial charge in [0, 0.05) is 40.9 Å². The van der Waals surface area contributed by atoms with Crippen LogP contribution in [-0.4, -0.2) is 22.7 Å². The van der Waals surface area contributed by atoms with Gasteiger partial charge in [0.1, 0.15) is 0 Å². The van der Waals surface area contributed by atoms with Gasteiger partial charge in [0.15, 0.2) is 0 Å². The number of pyridine rings is 1. The molecule has 1 saturated carbocycles. The maximum Gasteiger partial charge on any atom is 0.257 e. The van der Waals surface area contributed by atoms with Crippen molar-refractivity contribution in [3.63, 3.8) is 0 Å². The smallest absolute Gasteiger partial charge is 0.257 e. The SMILES string of the molecule is O=C(Nc1cccc(NC(=O)c2cccnc2)c1)c1ccc(NC(=O)C2CC2)cc1. The molecule has 7 nitrogen and oxygen atoms in total. The average Bonchev–Trinajstić information content (AvgIpc) is 3.61. The highest BCUT2D eigenvalue weighted by Crippen LogP contribution is 2.30. The summed E-state index contributed by atoms with van der Waals surface area (Å²) >= 11 is 0. The molecule has 2 aromatic carbocycles. The zero-order chi connectivity index (χ0) is 20.9. The third-order valence-electron chi connectivity index (χ3n) is 4.66. The lowest BCUT2D eigenvalue weighted by molar-refractivity contribution is -0.117. The minimum atomic E-state index is -0.286. The summed E-state index contributed by atoms with van der Waals surface area (Å²) in [5.74, 6) is -0.419. The largest absolute Gasteiger partial charge is 0.326 e. The molecule has 0 bridgehead atoms. The number of nitrogens with one attached hydrogen (secondary N) is 3. The highest BCUT2D eigenvalue weighted by atomic mass is 16.2. The van der Waals surface area contributed by atoms with Crippen LogP contribution in [0.3, 0.4) is 0 Å². The van der Waals surface area contributed by atoms with E-state index in [2.05, 4.69) is 20.9 Å². The number of nitrogens with zero attached hydrogens (tertiary/aromatic N) is 1. The van der Waals surface area contributed by atoms with Gasteiger partial charge < -0.3 is 16.0 Å². The van der Waals surface area contributed by atoms with E-state index in [1.54, 1.807) is 66.9 Å². The molecule has 7 heteroatoms. The molecule has 3 amide bonds. The van der Waals surface area contributed by atoms with Gasteiger partial charge in [0.05, 0.1) is 5.56 Å². The van der Waals surface area contributed by atoms with E-state index >= 15 is 0 Å². The number of rotatable bonds is 6. The zero-order valence-electron chi connectivity index (χ0n) is 16.1. The summed E-state index contributed by atoms with van der Waals surface area (Å²) in [7, 11) is 0. The lowest BCUT2D eigenvalue weighted by Gasteiger charge is -2.10. The van der Waals surface area contributed by atoms with Crippen molar-refractivity contribution in [3.8, 4) is 0 Å². The molecule has 0 unspecified atom stereocenters. The van der Waals surface area contributed by atoms with Crippen LogP contribution in [0.5, 0.6) is 0 Å². The van der Waals surface area contributed by atoms with E-state index < -0.39 is 0 Å². The fraction of sp³-hybridized carbons (Fsp3) is 0.130. The minimum Gasteiger partial charge on any atom is -0.326 e. The van der Waals surface area contributed by atoms with Crippen molar-refractivity contribution in [2.45, 2.75) is 12.8 Å². The first-order valence-corrected chi connectivity index (χ1v) is 9.62. The van der Waals surface area contributed by atoms with Crippen LogP contribution in [0.1, 0.15) is 33.6 Å². The van der Waals surface area contributed by atoms with Gasteiger partial charge in [-0.1, -0.05) is 6.07 Å². The molecule has 0 saturated heterocycles. The van der Waals surface area contributed by atoms with Gasteiger partial charge in [-0.25, -0.2) is 0 Å². The van der Waals surface area contributed by atoms with Crippen LogP contribution in [0.25, 0.3) is 0 Å². The van der Waals surface area contributed by atoms with Crippen LogP contribution in [0.4, 0.5) is 17.1 Å². The summed E-state index contributed by atoms with van der Waals surface area (Å²) in [6.07, 6.45) is 4.96. The lowest BCUT2D eigenvalue weighted by Crippen LogP contribution is -2.15. The number of amides is 3. The number of hydrogen-bond acceptors (Lipinski definition) is 4. The predicted molar refractivity (Wildman–Crippen MR) is 114 cm³/mol. The summed E-state index contributed by atoms with van der Waals surface area (Å²) in [5.41, 5.74) is 2.68.